The zero-order valence-electron chi connectivity index (χ0n) is 15.3. The normalized spacial score (nSPS) is 13.3. The number of thiophene rings is 1. The Balaban J connectivity index is 1.80. The molecule has 0 saturated heterocycles. The number of pyridine rings is 1. The number of carbonyl (C=O) groups is 2. The van der Waals surface area contributed by atoms with Crippen LogP contribution in [0.4, 0.5) is 5.00 Å². The zero-order chi connectivity index (χ0) is 18.5. The van der Waals surface area contributed by atoms with Gasteiger partial charge in [0.25, 0.3) is 5.91 Å². The summed E-state index contributed by atoms with van der Waals surface area (Å²) in [4.78, 5) is 30.5. The molecule has 0 bridgehead atoms. The molecule has 2 N–H and O–H groups in total. The van der Waals surface area contributed by atoms with Crippen LogP contribution in [-0.2, 0) is 24.2 Å². The van der Waals surface area contributed by atoms with Gasteiger partial charge in [0.1, 0.15) is 5.00 Å². The molecule has 3 rings (SSSR count). The molecule has 5 nitrogen and oxygen atoms in total. The molecule has 0 spiro atoms. The van der Waals surface area contributed by atoms with Crippen molar-refractivity contribution in [2.75, 3.05) is 5.32 Å². The number of fused-ring (bicyclic) bond motifs is 1. The maximum atomic E-state index is 12.9. The Kier molecular flexibility index (Phi) is 6.04. The summed E-state index contributed by atoms with van der Waals surface area (Å²) in [5.74, 6) is 0.139. The van der Waals surface area contributed by atoms with Crippen molar-refractivity contribution >= 4 is 28.2 Å². The predicted octanol–water partition coefficient (Wildman–Crippen LogP) is 3.94. The van der Waals surface area contributed by atoms with Gasteiger partial charge in [-0.3, -0.25) is 14.6 Å². The van der Waals surface area contributed by atoms with Crippen LogP contribution >= 0.6 is 11.3 Å². The van der Waals surface area contributed by atoms with Crippen LogP contribution in [0.5, 0.6) is 0 Å². The molecule has 0 aromatic carbocycles. The topological polar surface area (TPSA) is 71.1 Å². The summed E-state index contributed by atoms with van der Waals surface area (Å²) >= 11 is 1.56. The Morgan fingerprint density at radius 2 is 2.08 bits per heavy atom. The SMILES string of the molecule is CC(C)CC(=O)Nc1sc2c(c1C(=O)NCc1cccnc1)CCCC2. The standard InChI is InChI=1S/C20H25N3O2S/c1-13(2)10-17(24)23-20-18(15-7-3-4-8-16(15)26-20)19(25)22-12-14-6-5-9-21-11-14/h5-6,9,11,13H,3-4,7-8,10,12H2,1-2H3,(H,22,25)(H,23,24). The van der Waals surface area contributed by atoms with Gasteiger partial charge < -0.3 is 10.6 Å². The van der Waals surface area contributed by atoms with E-state index in [1.807, 2.05) is 26.0 Å². The Morgan fingerprint density at radius 3 is 2.81 bits per heavy atom. The van der Waals surface area contributed by atoms with E-state index >= 15 is 0 Å². The molecule has 0 unspecified atom stereocenters. The van der Waals surface area contributed by atoms with Gasteiger partial charge in [-0.25, -0.2) is 0 Å². The Morgan fingerprint density at radius 1 is 1.27 bits per heavy atom. The number of hydrogen-bond acceptors (Lipinski definition) is 4. The quantitative estimate of drug-likeness (QED) is 0.808. The number of hydrogen-bond donors (Lipinski definition) is 2. The van der Waals surface area contributed by atoms with Crippen molar-refractivity contribution in [2.45, 2.75) is 52.5 Å². The maximum absolute atomic E-state index is 12.9. The van der Waals surface area contributed by atoms with E-state index in [-0.39, 0.29) is 17.7 Å². The van der Waals surface area contributed by atoms with Crippen LogP contribution in [0.3, 0.4) is 0 Å². The number of nitrogens with zero attached hydrogens (tertiary/aromatic N) is 1. The second kappa shape index (κ2) is 8.45. The number of aryl methyl sites for hydroxylation is 1. The third-order valence-corrected chi connectivity index (χ3v) is 5.63. The maximum Gasteiger partial charge on any atom is 0.254 e. The first-order valence-electron chi connectivity index (χ1n) is 9.16. The van der Waals surface area contributed by atoms with E-state index in [2.05, 4.69) is 15.6 Å². The van der Waals surface area contributed by atoms with Crippen LogP contribution in [0.25, 0.3) is 0 Å². The monoisotopic (exact) mass is 371 g/mol. The van der Waals surface area contributed by atoms with Crippen LogP contribution in [0.2, 0.25) is 0 Å². The minimum Gasteiger partial charge on any atom is -0.348 e. The second-order valence-corrected chi connectivity index (χ2v) is 8.21. The molecule has 0 atom stereocenters. The molecule has 138 valence electrons. The van der Waals surface area contributed by atoms with E-state index in [9.17, 15) is 9.59 Å². The lowest BCUT2D eigenvalue weighted by Gasteiger charge is -2.13. The summed E-state index contributed by atoms with van der Waals surface area (Å²) in [6, 6.07) is 3.78. The number of nitrogens with one attached hydrogen (secondary N) is 2. The number of anilines is 1. The van der Waals surface area contributed by atoms with E-state index in [1.165, 1.54) is 4.88 Å². The summed E-state index contributed by atoms with van der Waals surface area (Å²) < 4.78 is 0. The van der Waals surface area contributed by atoms with E-state index in [4.69, 9.17) is 0 Å². The molecule has 0 radical (unpaired) electrons. The molecule has 0 aliphatic heterocycles. The molecule has 6 heteroatoms. The van der Waals surface area contributed by atoms with Crippen LogP contribution < -0.4 is 10.6 Å². The fraction of sp³-hybridized carbons (Fsp3) is 0.450. The van der Waals surface area contributed by atoms with Crippen LogP contribution in [0, 0.1) is 5.92 Å². The molecular weight excluding hydrogens is 346 g/mol. The highest BCUT2D eigenvalue weighted by molar-refractivity contribution is 7.17. The molecular formula is C20H25N3O2S. The average Bonchev–Trinajstić information content (AvgIpc) is 2.97. The van der Waals surface area contributed by atoms with Crippen LogP contribution in [-0.4, -0.2) is 16.8 Å². The number of aromatic nitrogens is 1. The number of carbonyl (C=O) groups excluding carboxylic acids is 2. The number of amides is 2. The lowest BCUT2D eigenvalue weighted by Crippen LogP contribution is -2.25. The Hall–Kier alpha value is -2.21. The fourth-order valence-electron chi connectivity index (χ4n) is 3.22. The summed E-state index contributed by atoms with van der Waals surface area (Å²) in [5, 5.41) is 6.67. The average molecular weight is 372 g/mol. The highest BCUT2D eigenvalue weighted by Gasteiger charge is 2.26. The van der Waals surface area contributed by atoms with Gasteiger partial charge in [0.15, 0.2) is 0 Å². The van der Waals surface area contributed by atoms with Crippen molar-refractivity contribution in [1.29, 1.82) is 0 Å². The van der Waals surface area contributed by atoms with E-state index in [1.54, 1.807) is 23.7 Å². The summed E-state index contributed by atoms with van der Waals surface area (Å²) in [6.07, 6.45) is 8.04. The largest absolute Gasteiger partial charge is 0.348 e. The third kappa shape index (κ3) is 4.49. The van der Waals surface area contributed by atoms with E-state index in [0.29, 0.717) is 23.5 Å². The molecule has 2 aromatic rings. The van der Waals surface area contributed by atoms with Crippen molar-refractivity contribution < 1.29 is 9.59 Å². The first-order valence-corrected chi connectivity index (χ1v) is 9.97. The smallest absolute Gasteiger partial charge is 0.254 e. The van der Waals surface area contributed by atoms with Crippen molar-refractivity contribution in [1.82, 2.24) is 10.3 Å². The first-order chi connectivity index (χ1) is 12.5. The van der Waals surface area contributed by atoms with Crippen LogP contribution in [0.1, 0.15) is 59.5 Å². The molecule has 2 aromatic heterocycles. The number of rotatable bonds is 6. The molecule has 0 saturated carbocycles. The van der Waals surface area contributed by atoms with Gasteiger partial charge in [0.05, 0.1) is 5.56 Å². The molecule has 0 fully saturated rings. The lowest BCUT2D eigenvalue weighted by molar-refractivity contribution is -0.116. The van der Waals surface area contributed by atoms with Gasteiger partial charge >= 0.3 is 0 Å². The fourth-order valence-corrected chi connectivity index (χ4v) is 4.52. The molecule has 26 heavy (non-hydrogen) atoms. The Bertz CT molecular complexity index is 784. The predicted molar refractivity (Wildman–Crippen MR) is 104 cm³/mol. The highest BCUT2D eigenvalue weighted by atomic mass is 32.1. The molecule has 1 aliphatic carbocycles. The van der Waals surface area contributed by atoms with Crippen molar-refractivity contribution in [2.24, 2.45) is 5.92 Å². The minimum atomic E-state index is -0.117. The van der Waals surface area contributed by atoms with Gasteiger partial charge in [-0.1, -0.05) is 19.9 Å². The van der Waals surface area contributed by atoms with E-state index in [0.717, 1.165) is 36.8 Å². The van der Waals surface area contributed by atoms with Gasteiger partial charge in [0, 0.05) is 30.2 Å². The molecule has 1 aliphatic rings. The molecule has 2 amide bonds. The first kappa shape index (κ1) is 18.6. The summed E-state index contributed by atoms with van der Waals surface area (Å²) in [7, 11) is 0. The lowest BCUT2D eigenvalue weighted by atomic mass is 9.95. The minimum absolute atomic E-state index is 0.0279. The zero-order valence-corrected chi connectivity index (χ0v) is 16.1. The van der Waals surface area contributed by atoms with Gasteiger partial charge in [-0.15, -0.1) is 11.3 Å². The van der Waals surface area contributed by atoms with Gasteiger partial charge in [0.2, 0.25) is 5.91 Å². The van der Waals surface area contributed by atoms with Crippen LogP contribution in [0.15, 0.2) is 24.5 Å². The molecule has 2 heterocycles. The van der Waals surface area contributed by atoms with Gasteiger partial charge in [-0.05, 0) is 48.8 Å². The van der Waals surface area contributed by atoms with E-state index < -0.39 is 0 Å². The van der Waals surface area contributed by atoms with Crippen molar-refractivity contribution in [3.05, 3.63) is 46.1 Å². The summed E-state index contributed by atoms with van der Waals surface area (Å²) in [6.45, 7) is 4.46. The highest BCUT2D eigenvalue weighted by Crippen LogP contribution is 2.38. The second-order valence-electron chi connectivity index (χ2n) is 7.11. The Labute approximate surface area is 158 Å². The van der Waals surface area contributed by atoms with Crippen molar-refractivity contribution in [3.63, 3.8) is 0 Å². The van der Waals surface area contributed by atoms with Crippen molar-refractivity contribution in [3.8, 4) is 0 Å². The summed E-state index contributed by atoms with van der Waals surface area (Å²) in [5.41, 5.74) is 2.73. The van der Waals surface area contributed by atoms with Gasteiger partial charge in [-0.2, -0.15) is 0 Å². The third-order valence-electron chi connectivity index (χ3n) is 4.42.